The van der Waals surface area contributed by atoms with Crippen molar-refractivity contribution in [2.45, 2.75) is 50.0 Å². The molecule has 1 fully saturated rings. The van der Waals surface area contributed by atoms with Gasteiger partial charge in [-0.25, -0.2) is 0 Å². The van der Waals surface area contributed by atoms with Crippen LogP contribution in [0.25, 0.3) is 0 Å². The molecule has 0 aromatic heterocycles. The van der Waals surface area contributed by atoms with E-state index in [0.717, 1.165) is 16.1 Å². The fraction of sp³-hybridized carbons (Fsp3) is 0.625. The van der Waals surface area contributed by atoms with Gasteiger partial charge in [0.25, 0.3) is 0 Å². The van der Waals surface area contributed by atoms with Gasteiger partial charge >= 0.3 is 0 Å². The van der Waals surface area contributed by atoms with Gasteiger partial charge < -0.3 is 5.11 Å². The first kappa shape index (κ1) is 15.4. The molecule has 0 heterocycles. The van der Waals surface area contributed by atoms with Crippen LogP contribution in [-0.4, -0.2) is 17.0 Å². The maximum atomic E-state index is 10.3. The molecule has 1 aromatic rings. The minimum Gasteiger partial charge on any atom is -0.392 e. The van der Waals surface area contributed by atoms with E-state index in [4.69, 9.17) is 0 Å². The van der Waals surface area contributed by atoms with Gasteiger partial charge in [0.1, 0.15) is 0 Å². The highest BCUT2D eigenvalue weighted by molar-refractivity contribution is 9.10. The molecule has 1 nitrogen and oxygen atoms in total. The Hall–Kier alpha value is 0.01000. The van der Waals surface area contributed by atoms with Gasteiger partial charge in [0.2, 0.25) is 0 Å². The zero-order valence-corrected chi connectivity index (χ0v) is 13.9. The van der Waals surface area contributed by atoms with Crippen LogP contribution in [0.2, 0.25) is 0 Å². The highest BCUT2D eigenvalue weighted by Gasteiger charge is 2.25. The Kier molecular flexibility index (Phi) is 6.24. The van der Waals surface area contributed by atoms with Gasteiger partial charge in [-0.05, 0) is 48.9 Å². The highest BCUT2D eigenvalue weighted by atomic mass is 79.9. The Morgan fingerprint density at radius 2 is 1.84 bits per heavy atom. The lowest BCUT2D eigenvalue weighted by Gasteiger charge is -2.30. The average Bonchev–Trinajstić information content (AvgIpc) is 2.46. The van der Waals surface area contributed by atoms with Crippen molar-refractivity contribution in [3.8, 4) is 0 Å². The molecule has 1 N–H and O–H groups in total. The number of rotatable bonds is 5. The molecule has 1 saturated carbocycles. The minimum atomic E-state index is -0.147. The van der Waals surface area contributed by atoms with Gasteiger partial charge in [-0.3, -0.25) is 0 Å². The van der Waals surface area contributed by atoms with Gasteiger partial charge in [0.15, 0.2) is 0 Å². The molecule has 19 heavy (non-hydrogen) atoms. The lowest BCUT2D eigenvalue weighted by Crippen LogP contribution is -2.27. The quantitative estimate of drug-likeness (QED) is 0.749. The van der Waals surface area contributed by atoms with Crippen LogP contribution in [-0.2, 0) is 0 Å². The van der Waals surface area contributed by atoms with E-state index in [-0.39, 0.29) is 6.10 Å². The Morgan fingerprint density at radius 3 is 2.42 bits per heavy atom. The van der Waals surface area contributed by atoms with Crippen LogP contribution >= 0.6 is 27.7 Å². The van der Waals surface area contributed by atoms with Gasteiger partial charge in [0.05, 0.1) is 6.10 Å². The lowest BCUT2D eigenvalue weighted by molar-refractivity contribution is 0.0916. The van der Waals surface area contributed by atoms with Crippen LogP contribution in [0.3, 0.4) is 0 Å². The third-order valence-electron chi connectivity index (χ3n) is 4.25. The van der Waals surface area contributed by atoms with Crippen molar-refractivity contribution in [1.82, 2.24) is 0 Å². The standard InChI is InChI=1S/C16H23BrOS/c1-2-12-3-5-13(6-4-12)16(18)11-19-15-9-7-14(17)8-10-15/h7-10,12-13,16,18H,2-6,11H2,1H3. The second-order valence-corrected chi connectivity index (χ2v) is 7.53. The predicted octanol–water partition coefficient (Wildman–Crippen LogP) is 5.12. The molecule has 2 rings (SSSR count). The highest BCUT2D eigenvalue weighted by Crippen LogP contribution is 2.34. The largest absolute Gasteiger partial charge is 0.392 e. The molecule has 0 spiro atoms. The molecular weight excluding hydrogens is 320 g/mol. The van der Waals surface area contributed by atoms with Gasteiger partial charge in [-0.2, -0.15) is 0 Å². The molecule has 1 unspecified atom stereocenters. The number of halogens is 1. The zero-order valence-electron chi connectivity index (χ0n) is 11.5. The Labute approximate surface area is 129 Å². The third-order valence-corrected chi connectivity index (χ3v) is 5.89. The number of aliphatic hydroxyl groups is 1. The fourth-order valence-corrected chi connectivity index (χ4v) is 4.06. The van der Waals surface area contributed by atoms with Crippen LogP contribution in [0.5, 0.6) is 0 Å². The lowest BCUT2D eigenvalue weighted by atomic mass is 9.79. The topological polar surface area (TPSA) is 20.2 Å². The van der Waals surface area contributed by atoms with Crippen molar-refractivity contribution in [1.29, 1.82) is 0 Å². The fourth-order valence-electron chi connectivity index (χ4n) is 2.83. The molecule has 1 atom stereocenters. The summed E-state index contributed by atoms with van der Waals surface area (Å²) in [5.41, 5.74) is 0. The van der Waals surface area contributed by atoms with Gasteiger partial charge in [0, 0.05) is 15.1 Å². The number of thioether (sulfide) groups is 1. The molecule has 0 saturated heterocycles. The minimum absolute atomic E-state index is 0.147. The molecule has 1 aliphatic rings. The van der Waals surface area contributed by atoms with Crippen LogP contribution in [0, 0.1) is 11.8 Å². The van der Waals surface area contributed by atoms with Crippen molar-refractivity contribution >= 4 is 27.7 Å². The SMILES string of the molecule is CCC1CCC(C(O)CSc2ccc(Br)cc2)CC1. The Morgan fingerprint density at radius 1 is 1.21 bits per heavy atom. The van der Waals surface area contributed by atoms with Crippen molar-refractivity contribution in [3.05, 3.63) is 28.7 Å². The second kappa shape index (κ2) is 7.70. The van der Waals surface area contributed by atoms with E-state index in [1.807, 2.05) is 0 Å². The van der Waals surface area contributed by atoms with Crippen molar-refractivity contribution in [2.24, 2.45) is 11.8 Å². The molecule has 0 radical (unpaired) electrons. The molecule has 0 bridgehead atoms. The van der Waals surface area contributed by atoms with E-state index in [9.17, 15) is 5.11 Å². The number of aliphatic hydroxyl groups excluding tert-OH is 1. The molecule has 3 heteroatoms. The van der Waals surface area contributed by atoms with Crippen LogP contribution in [0.15, 0.2) is 33.6 Å². The van der Waals surface area contributed by atoms with Crippen molar-refractivity contribution in [3.63, 3.8) is 0 Å². The average molecular weight is 343 g/mol. The van der Waals surface area contributed by atoms with E-state index >= 15 is 0 Å². The maximum Gasteiger partial charge on any atom is 0.0662 e. The Balaban J connectivity index is 1.75. The first-order valence-corrected chi connectivity index (χ1v) is 9.03. The third kappa shape index (κ3) is 4.80. The summed E-state index contributed by atoms with van der Waals surface area (Å²) in [7, 11) is 0. The molecule has 106 valence electrons. The summed E-state index contributed by atoms with van der Waals surface area (Å²) in [6.07, 6.45) is 6.19. The van der Waals surface area contributed by atoms with Crippen molar-refractivity contribution < 1.29 is 5.11 Å². The van der Waals surface area contributed by atoms with Crippen LogP contribution in [0.4, 0.5) is 0 Å². The number of benzene rings is 1. The summed E-state index contributed by atoms with van der Waals surface area (Å²) in [5.74, 6) is 2.25. The number of hydrogen-bond donors (Lipinski definition) is 1. The maximum absolute atomic E-state index is 10.3. The van der Waals surface area contributed by atoms with E-state index in [1.165, 1.54) is 37.0 Å². The van der Waals surface area contributed by atoms with Gasteiger partial charge in [-0.1, -0.05) is 42.1 Å². The zero-order chi connectivity index (χ0) is 13.7. The molecule has 0 amide bonds. The molecular formula is C16H23BrOS. The van der Waals surface area contributed by atoms with Crippen LogP contribution < -0.4 is 0 Å². The normalized spacial score (nSPS) is 25.2. The summed E-state index contributed by atoms with van der Waals surface area (Å²) < 4.78 is 1.11. The summed E-state index contributed by atoms with van der Waals surface area (Å²) >= 11 is 5.21. The Bertz CT molecular complexity index is 371. The summed E-state index contributed by atoms with van der Waals surface area (Å²) in [5, 5.41) is 10.3. The van der Waals surface area contributed by atoms with E-state index in [0.29, 0.717) is 5.92 Å². The van der Waals surface area contributed by atoms with E-state index in [2.05, 4.69) is 47.1 Å². The summed E-state index contributed by atoms with van der Waals surface area (Å²) in [6.45, 7) is 2.28. The second-order valence-electron chi connectivity index (χ2n) is 5.52. The summed E-state index contributed by atoms with van der Waals surface area (Å²) in [4.78, 5) is 1.24. The molecule has 1 aromatic carbocycles. The monoisotopic (exact) mass is 342 g/mol. The van der Waals surface area contributed by atoms with Crippen molar-refractivity contribution in [2.75, 3.05) is 5.75 Å². The van der Waals surface area contributed by atoms with E-state index in [1.54, 1.807) is 11.8 Å². The summed E-state index contributed by atoms with van der Waals surface area (Å²) in [6, 6.07) is 8.33. The number of hydrogen-bond acceptors (Lipinski definition) is 2. The van der Waals surface area contributed by atoms with Crippen LogP contribution in [0.1, 0.15) is 39.0 Å². The predicted molar refractivity (Wildman–Crippen MR) is 86.6 cm³/mol. The molecule has 1 aliphatic carbocycles. The smallest absolute Gasteiger partial charge is 0.0662 e. The van der Waals surface area contributed by atoms with Gasteiger partial charge in [-0.15, -0.1) is 11.8 Å². The molecule has 0 aliphatic heterocycles. The first-order chi connectivity index (χ1) is 9.19. The first-order valence-electron chi connectivity index (χ1n) is 7.25. The van der Waals surface area contributed by atoms with E-state index < -0.39 is 0 Å².